The highest BCUT2D eigenvalue weighted by Crippen LogP contribution is 2.19. The molecule has 20 heavy (non-hydrogen) atoms. The van der Waals surface area contributed by atoms with Crippen LogP contribution < -0.4 is 5.32 Å². The minimum Gasteiger partial charge on any atom is -0.351 e. The zero-order valence-corrected chi connectivity index (χ0v) is 12.3. The van der Waals surface area contributed by atoms with Crippen molar-refractivity contribution in [1.82, 2.24) is 19.3 Å². The van der Waals surface area contributed by atoms with E-state index in [0.717, 1.165) is 29.2 Å². The Bertz CT molecular complexity index is 766. The van der Waals surface area contributed by atoms with E-state index in [1.54, 1.807) is 0 Å². The standard InChI is InChI=1S/C15H19N5/c1-10-12(11(2)20(4)18-10)9-16-15-17-13-7-5-6-8-14(13)19(15)3/h5-8H,9H2,1-4H3,(H,16,17). The van der Waals surface area contributed by atoms with Crippen molar-refractivity contribution >= 4 is 17.0 Å². The maximum absolute atomic E-state index is 4.62. The summed E-state index contributed by atoms with van der Waals surface area (Å²) < 4.78 is 4.00. The van der Waals surface area contributed by atoms with Gasteiger partial charge in [0.05, 0.1) is 16.7 Å². The molecular formula is C15H19N5. The average molecular weight is 269 g/mol. The number of hydrogen-bond acceptors (Lipinski definition) is 3. The molecule has 2 heterocycles. The van der Waals surface area contributed by atoms with Gasteiger partial charge < -0.3 is 9.88 Å². The number of nitrogens with zero attached hydrogens (tertiary/aromatic N) is 4. The first-order valence-corrected chi connectivity index (χ1v) is 6.72. The Morgan fingerprint density at radius 1 is 1.15 bits per heavy atom. The lowest BCUT2D eigenvalue weighted by Gasteiger charge is -2.06. The molecule has 2 aromatic heterocycles. The summed E-state index contributed by atoms with van der Waals surface area (Å²) in [5.74, 6) is 0.883. The van der Waals surface area contributed by atoms with Gasteiger partial charge in [-0.1, -0.05) is 12.1 Å². The van der Waals surface area contributed by atoms with Crippen LogP contribution in [0.25, 0.3) is 11.0 Å². The van der Waals surface area contributed by atoms with Gasteiger partial charge in [-0.25, -0.2) is 4.98 Å². The van der Waals surface area contributed by atoms with Crippen LogP contribution in [0.2, 0.25) is 0 Å². The van der Waals surface area contributed by atoms with Crippen molar-refractivity contribution < 1.29 is 0 Å². The molecule has 1 aromatic carbocycles. The van der Waals surface area contributed by atoms with E-state index in [1.165, 1.54) is 11.3 Å². The van der Waals surface area contributed by atoms with Gasteiger partial charge >= 0.3 is 0 Å². The molecular weight excluding hydrogens is 250 g/mol. The number of para-hydroxylation sites is 2. The lowest BCUT2D eigenvalue weighted by atomic mass is 10.2. The van der Waals surface area contributed by atoms with E-state index in [4.69, 9.17) is 0 Å². The van der Waals surface area contributed by atoms with E-state index >= 15 is 0 Å². The van der Waals surface area contributed by atoms with Crippen LogP contribution in [0.1, 0.15) is 17.0 Å². The highest BCUT2D eigenvalue weighted by molar-refractivity contribution is 5.78. The summed E-state index contributed by atoms with van der Waals surface area (Å²) in [5, 5.41) is 7.85. The summed E-state index contributed by atoms with van der Waals surface area (Å²) in [6.45, 7) is 4.87. The number of aryl methyl sites for hydroxylation is 3. The van der Waals surface area contributed by atoms with Crippen molar-refractivity contribution in [2.45, 2.75) is 20.4 Å². The SMILES string of the molecule is Cc1nn(C)c(C)c1CNc1nc2ccccc2n1C. The molecule has 0 saturated heterocycles. The first kappa shape index (κ1) is 12.7. The van der Waals surface area contributed by atoms with Crippen LogP contribution in [0.15, 0.2) is 24.3 Å². The maximum atomic E-state index is 4.62. The van der Waals surface area contributed by atoms with Crippen LogP contribution in [0.4, 0.5) is 5.95 Å². The number of nitrogens with one attached hydrogen (secondary N) is 1. The number of benzene rings is 1. The molecule has 3 aromatic rings. The van der Waals surface area contributed by atoms with Gasteiger partial charge in [0.2, 0.25) is 5.95 Å². The number of anilines is 1. The van der Waals surface area contributed by atoms with Crippen LogP contribution in [-0.2, 0) is 20.6 Å². The van der Waals surface area contributed by atoms with Gasteiger partial charge in [-0.3, -0.25) is 4.68 Å². The molecule has 0 fully saturated rings. The van der Waals surface area contributed by atoms with E-state index in [-0.39, 0.29) is 0 Å². The molecule has 1 N–H and O–H groups in total. The Hall–Kier alpha value is -2.30. The summed E-state index contributed by atoms with van der Waals surface area (Å²) in [7, 11) is 4.00. The summed E-state index contributed by atoms with van der Waals surface area (Å²) in [6, 6.07) is 8.15. The van der Waals surface area contributed by atoms with Crippen LogP contribution in [0.3, 0.4) is 0 Å². The highest BCUT2D eigenvalue weighted by Gasteiger charge is 2.11. The third-order valence-corrected chi connectivity index (χ3v) is 3.87. The van der Waals surface area contributed by atoms with E-state index in [9.17, 15) is 0 Å². The minimum absolute atomic E-state index is 0.739. The summed E-state index contributed by atoms with van der Waals surface area (Å²) in [4.78, 5) is 4.62. The smallest absolute Gasteiger partial charge is 0.203 e. The summed E-state index contributed by atoms with van der Waals surface area (Å²) in [6.07, 6.45) is 0. The molecule has 5 nitrogen and oxygen atoms in total. The van der Waals surface area contributed by atoms with Crippen LogP contribution in [0, 0.1) is 13.8 Å². The van der Waals surface area contributed by atoms with Gasteiger partial charge in [0.25, 0.3) is 0 Å². The number of rotatable bonds is 3. The lowest BCUT2D eigenvalue weighted by Crippen LogP contribution is -2.06. The largest absolute Gasteiger partial charge is 0.351 e. The predicted octanol–water partition coefficient (Wildman–Crippen LogP) is 2.54. The number of imidazole rings is 1. The van der Waals surface area contributed by atoms with Crippen molar-refractivity contribution in [3.8, 4) is 0 Å². The van der Waals surface area contributed by atoms with Crippen molar-refractivity contribution in [1.29, 1.82) is 0 Å². The fourth-order valence-electron chi connectivity index (χ4n) is 2.54. The van der Waals surface area contributed by atoms with Crippen molar-refractivity contribution in [3.05, 3.63) is 41.2 Å². The Labute approximate surface area is 118 Å². The van der Waals surface area contributed by atoms with Gasteiger partial charge in [0.15, 0.2) is 0 Å². The van der Waals surface area contributed by atoms with E-state index in [0.29, 0.717) is 0 Å². The number of fused-ring (bicyclic) bond motifs is 1. The predicted molar refractivity (Wildman–Crippen MR) is 80.7 cm³/mol. The second-order valence-electron chi connectivity index (χ2n) is 5.11. The molecule has 0 bridgehead atoms. The molecule has 104 valence electrons. The monoisotopic (exact) mass is 269 g/mol. The molecule has 3 rings (SSSR count). The van der Waals surface area contributed by atoms with Crippen molar-refractivity contribution in [2.75, 3.05) is 5.32 Å². The zero-order chi connectivity index (χ0) is 14.3. The van der Waals surface area contributed by atoms with Crippen LogP contribution >= 0.6 is 0 Å². The fraction of sp³-hybridized carbons (Fsp3) is 0.333. The first-order valence-electron chi connectivity index (χ1n) is 6.72. The molecule has 0 amide bonds. The minimum atomic E-state index is 0.739. The number of aromatic nitrogens is 4. The zero-order valence-electron chi connectivity index (χ0n) is 12.3. The number of hydrogen-bond donors (Lipinski definition) is 1. The Balaban J connectivity index is 1.89. The Morgan fingerprint density at radius 2 is 1.90 bits per heavy atom. The Morgan fingerprint density at radius 3 is 2.55 bits per heavy atom. The van der Waals surface area contributed by atoms with Gasteiger partial charge in [-0.2, -0.15) is 5.10 Å². The third kappa shape index (κ3) is 1.95. The van der Waals surface area contributed by atoms with E-state index < -0.39 is 0 Å². The van der Waals surface area contributed by atoms with Gasteiger partial charge in [-0.05, 0) is 26.0 Å². The maximum Gasteiger partial charge on any atom is 0.203 e. The van der Waals surface area contributed by atoms with Crippen LogP contribution in [0.5, 0.6) is 0 Å². The summed E-state index contributed by atoms with van der Waals surface area (Å²) in [5.41, 5.74) is 5.64. The molecule has 0 aliphatic carbocycles. The quantitative estimate of drug-likeness (QED) is 0.795. The topological polar surface area (TPSA) is 47.7 Å². The van der Waals surface area contributed by atoms with Gasteiger partial charge in [0.1, 0.15) is 0 Å². The molecule has 0 saturated carbocycles. The molecule has 0 aliphatic rings. The van der Waals surface area contributed by atoms with Gasteiger partial charge in [0, 0.05) is 31.9 Å². The molecule has 5 heteroatoms. The second-order valence-corrected chi connectivity index (χ2v) is 5.11. The molecule has 0 aliphatic heterocycles. The molecule has 0 radical (unpaired) electrons. The first-order chi connectivity index (χ1) is 9.58. The fourth-order valence-corrected chi connectivity index (χ4v) is 2.54. The lowest BCUT2D eigenvalue weighted by molar-refractivity contribution is 0.730. The Kier molecular flexibility index (Phi) is 2.97. The molecule has 0 unspecified atom stereocenters. The summed E-state index contributed by atoms with van der Waals surface area (Å²) >= 11 is 0. The third-order valence-electron chi connectivity index (χ3n) is 3.87. The highest BCUT2D eigenvalue weighted by atomic mass is 15.3. The average Bonchev–Trinajstić information content (AvgIpc) is 2.87. The van der Waals surface area contributed by atoms with E-state index in [2.05, 4.69) is 33.0 Å². The van der Waals surface area contributed by atoms with Crippen molar-refractivity contribution in [2.24, 2.45) is 14.1 Å². The van der Waals surface area contributed by atoms with Crippen molar-refractivity contribution in [3.63, 3.8) is 0 Å². The molecule has 0 atom stereocenters. The van der Waals surface area contributed by atoms with Crippen LogP contribution in [-0.4, -0.2) is 19.3 Å². The van der Waals surface area contributed by atoms with Gasteiger partial charge in [-0.15, -0.1) is 0 Å². The second kappa shape index (κ2) is 4.67. The normalized spacial score (nSPS) is 11.2. The molecule has 0 spiro atoms. The van der Waals surface area contributed by atoms with E-state index in [1.807, 2.05) is 43.9 Å².